The van der Waals surface area contributed by atoms with Crippen LogP contribution in [0.15, 0.2) is 64.4 Å². The molecule has 3 aromatic rings. The van der Waals surface area contributed by atoms with Gasteiger partial charge >= 0.3 is 0 Å². The van der Waals surface area contributed by atoms with E-state index in [4.69, 9.17) is 4.74 Å². The van der Waals surface area contributed by atoms with Crippen LogP contribution in [0.5, 0.6) is 0 Å². The highest BCUT2D eigenvalue weighted by molar-refractivity contribution is 7.94. The average molecular weight is 363 g/mol. The molecule has 0 aliphatic carbocycles. The minimum Gasteiger partial charge on any atom is -0.375 e. The van der Waals surface area contributed by atoms with Gasteiger partial charge in [-0.05, 0) is 17.0 Å². The number of hydrogen-bond donors (Lipinski definition) is 1. The summed E-state index contributed by atoms with van der Waals surface area (Å²) in [6.45, 7) is 1.58. The maximum atomic E-state index is 12.1. The molecule has 0 fully saturated rings. The van der Waals surface area contributed by atoms with Crippen LogP contribution in [0.1, 0.15) is 5.56 Å². The smallest absolute Gasteiger partial charge is 0.271 e. The molecule has 0 atom stereocenters. The van der Waals surface area contributed by atoms with Crippen molar-refractivity contribution in [1.82, 2.24) is 9.78 Å². The van der Waals surface area contributed by atoms with Gasteiger partial charge in [-0.2, -0.15) is 5.10 Å². The molecule has 0 bridgehead atoms. The van der Waals surface area contributed by atoms with E-state index in [0.717, 1.165) is 5.56 Å². The fourth-order valence-electron chi connectivity index (χ4n) is 2.08. The molecule has 0 radical (unpaired) electrons. The van der Waals surface area contributed by atoms with Crippen LogP contribution in [0, 0.1) is 0 Å². The summed E-state index contributed by atoms with van der Waals surface area (Å²) in [5.74, 6) is 0. The van der Waals surface area contributed by atoms with Gasteiger partial charge in [0.05, 0.1) is 31.6 Å². The van der Waals surface area contributed by atoms with E-state index in [-0.39, 0.29) is 4.21 Å². The first-order chi connectivity index (χ1) is 11.6. The first kappa shape index (κ1) is 16.7. The number of aromatic nitrogens is 2. The Labute approximate surface area is 144 Å². The van der Waals surface area contributed by atoms with E-state index in [9.17, 15) is 8.42 Å². The third kappa shape index (κ3) is 4.44. The van der Waals surface area contributed by atoms with E-state index in [1.807, 2.05) is 30.3 Å². The number of sulfonamides is 1. The lowest BCUT2D eigenvalue weighted by Gasteiger charge is -2.05. The molecule has 0 saturated carbocycles. The van der Waals surface area contributed by atoms with Gasteiger partial charge < -0.3 is 4.74 Å². The number of ether oxygens (including phenoxy) is 1. The lowest BCUT2D eigenvalue weighted by atomic mass is 10.2. The maximum absolute atomic E-state index is 12.1. The quantitative estimate of drug-likeness (QED) is 0.625. The summed E-state index contributed by atoms with van der Waals surface area (Å²) in [5.41, 5.74) is 1.55. The van der Waals surface area contributed by atoms with E-state index < -0.39 is 10.0 Å². The van der Waals surface area contributed by atoms with Gasteiger partial charge in [-0.1, -0.05) is 36.4 Å². The first-order valence-corrected chi connectivity index (χ1v) is 9.70. The summed E-state index contributed by atoms with van der Waals surface area (Å²) >= 11 is 1.17. The van der Waals surface area contributed by atoms with Crippen molar-refractivity contribution in [3.8, 4) is 0 Å². The fourth-order valence-corrected chi connectivity index (χ4v) is 4.10. The monoisotopic (exact) mass is 363 g/mol. The molecule has 1 aromatic carbocycles. The van der Waals surface area contributed by atoms with Gasteiger partial charge in [0.25, 0.3) is 10.0 Å². The summed E-state index contributed by atoms with van der Waals surface area (Å²) < 4.78 is 34.3. The maximum Gasteiger partial charge on any atom is 0.271 e. The minimum absolute atomic E-state index is 0.279. The van der Waals surface area contributed by atoms with Crippen molar-refractivity contribution >= 4 is 27.0 Å². The zero-order valence-electron chi connectivity index (χ0n) is 12.8. The Balaban J connectivity index is 1.49. The molecule has 0 aliphatic rings. The van der Waals surface area contributed by atoms with Crippen LogP contribution in [0.2, 0.25) is 0 Å². The standard InChI is InChI=1S/C16H17N3O3S2/c20-24(21,16-7-4-10-23-16)18-15-11-17-19(12-15)8-9-22-13-14-5-2-1-3-6-14/h1-7,10-12,18H,8-9,13H2. The molecule has 8 heteroatoms. The number of nitrogens with one attached hydrogen (secondary N) is 1. The predicted octanol–water partition coefficient (Wildman–Crippen LogP) is 2.96. The third-order valence-corrected chi connectivity index (χ3v) is 6.00. The number of thiophene rings is 1. The van der Waals surface area contributed by atoms with Gasteiger partial charge in [0.1, 0.15) is 4.21 Å². The SMILES string of the molecule is O=S(=O)(Nc1cnn(CCOCc2ccccc2)c1)c1cccs1. The highest BCUT2D eigenvalue weighted by Gasteiger charge is 2.15. The van der Waals surface area contributed by atoms with Crippen molar-refractivity contribution in [2.24, 2.45) is 0 Å². The molecule has 1 N–H and O–H groups in total. The number of hydrogen-bond acceptors (Lipinski definition) is 5. The number of anilines is 1. The van der Waals surface area contributed by atoms with Crippen LogP contribution >= 0.6 is 11.3 Å². The van der Waals surface area contributed by atoms with Gasteiger partial charge in [-0.25, -0.2) is 8.42 Å². The van der Waals surface area contributed by atoms with E-state index >= 15 is 0 Å². The van der Waals surface area contributed by atoms with Gasteiger partial charge in [0.2, 0.25) is 0 Å². The van der Waals surface area contributed by atoms with Crippen LogP contribution < -0.4 is 4.72 Å². The molecule has 2 aromatic heterocycles. The normalized spacial score (nSPS) is 11.5. The van der Waals surface area contributed by atoms with Crippen LogP contribution in [0.25, 0.3) is 0 Å². The summed E-state index contributed by atoms with van der Waals surface area (Å²) in [4.78, 5) is 0. The molecular weight excluding hydrogens is 346 g/mol. The second-order valence-electron chi connectivity index (χ2n) is 5.07. The van der Waals surface area contributed by atoms with Crippen LogP contribution in [-0.2, 0) is 27.9 Å². The molecule has 3 rings (SSSR count). The molecule has 0 amide bonds. The number of rotatable bonds is 8. The van der Waals surface area contributed by atoms with Gasteiger partial charge in [0, 0.05) is 6.20 Å². The van der Waals surface area contributed by atoms with E-state index in [0.29, 0.717) is 25.4 Å². The largest absolute Gasteiger partial charge is 0.375 e. The molecule has 0 spiro atoms. The Morgan fingerprint density at radius 1 is 1.17 bits per heavy atom. The van der Waals surface area contributed by atoms with Crippen LogP contribution in [0.3, 0.4) is 0 Å². The van der Waals surface area contributed by atoms with Crippen molar-refractivity contribution in [3.63, 3.8) is 0 Å². The number of benzene rings is 1. The van der Waals surface area contributed by atoms with Gasteiger partial charge in [-0.15, -0.1) is 11.3 Å². The summed E-state index contributed by atoms with van der Waals surface area (Å²) in [5, 5.41) is 5.86. The lowest BCUT2D eigenvalue weighted by Crippen LogP contribution is -2.11. The molecule has 24 heavy (non-hydrogen) atoms. The second kappa shape index (κ2) is 7.61. The van der Waals surface area contributed by atoms with Crippen molar-refractivity contribution in [2.45, 2.75) is 17.4 Å². The van der Waals surface area contributed by atoms with E-state index in [1.54, 1.807) is 28.4 Å². The highest BCUT2D eigenvalue weighted by atomic mass is 32.2. The summed E-state index contributed by atoms with van der Waals surface area (Å²) in [7, 11) is -3.53. The zero-order valence-corrected chi connectivity index (χ0v) is 14.5. The average Bonchev–Trinajstić information content (AvgIpc) is 3.24. The second-order valence-corrected chi connectivity index (χ2v) is 7.92. The third-order valence-electron chi connectivity index (χ3n) is 3.22. The highest BCUT2D eigenvalue weighted by Crippen LogP contribution is 2.19. The number of nitrogens with zero attached hydrogens (tertiary/aromatic N) is 2. The van der Waals surface area contributed by atoms with Crippen molar-refractivity contribution in [2.75, 3.05) is 11.3 Å². The molecule has 0 aliphatic heterocycles. The Kier molecular flexibility index (Phi) is 5.29. The van der Waals surface area contributed by atoms with Crippen molar-refractivity contribution < 1.29 is 13.2 Å². The summed E-state index contributed by atoms with van der Waals surface area (Å²) in [6.07, 6.45) is 3.14. The van der Waals surface area contributed by atoms with E-state index in [2.05, 4.69) is 9.82 Å². The Hall–Kier alpha value is -2.16. The van der Waals surface area contributed by atoms with E-state index in [1.165, 1.54) is 17.5 Å². The predicted molar refractivity (Wildman–Crippen MR) is 93.5 cm³/mol. The minimum atomic E-state index is -3.53. The molecular formula is C16H17N3O3S2. The molecule has 2 heterocycles. The Morgan fingerprint density at radius 2 is 2.00 bits per heavy atom. The van der Waals surface area contributed by atoms with Gasteiger partial charge in [0.15, 0.2) is 0 Å². The molecule has 126 valence electrons. The fraction of sp³-hybridized carbons (Fsp3) is 0.188. The first-order valence-electron chi connectivity index (χ1n) is 7.34. The zero-order chi connectivity index (χ0) is 16.8. The van der Waals surface area contributed by atoms with Crippen molar-refractivity contribution in [1.29, 1.82) is 0 Å². The summed E-state index contributed by atoms with van der Waals surface area (Å²) in [6, 6.07) is 13.2. The molecule has 0 unspecified atom stereocenters. The Morgan fingerprint density at radius 3 is 2.75 bits per heavy atom. The molecule has 6 nitrogen and oxygen atoms in total. The van der Waals surface area contributed by atoms with Crippen LogP contribution in [-0.4, -0.2) is 24.8 Å². The van der Waals surface area contributed by atoms with Crippen molar-refractivity contribution in [3.05, 3.63) is 65.8 Å². The Bertz CT molecular complexity index is 859. The molecule has 0 saturated heterocycles. The van der Waals surface area contributed by atoms with Gasteiger partial charge in [-0.3, -0.25) is 9.40 Å². The topological polar surface area (TPSA) is 73.2 Å². The lowest BCUT2D eigenvalue weighted by molar-refractivity contribution is 0.111. The van der Waals surface area contributed by atoms with Crippen LogP contribution in [0.4, 0.5) is 5.69 Å².